The molecule has 2 aliphatic rings. The van der Waals surface area contributed by atoms with Crippen molar-refractivity contribution in [3.8, 4) is 0 Å². The molecule has 110 valence electrons. The van der Waals surface area contributed by atoms with Crippen molar-refractivity contribution in [2.75, 3.05) is 6.54 Å². The van der Waals surface area contributed by atoms with Crippen LogP contribution in [0.3, 0.4) is 0 Å². The van der Waals surface area contributed by atoms with Crippen LogP contribution in [-0.2, 0) is 0 Å². The van der Waals surface area contributed by atoms with Gasteiger partial charge in [-0.05, 0) is 55.7 Å². The van der Waals surface area contributed by atoms with E-state index in [1.807, 2.05) is 0 Å². The molecule has 0 aliphatic heterocycles. The van der Waals surface area contributed by atoms with Crippen molar-refractivity contribution in [2.45, 2.75) is 50.5 Å². The third-order valence-corrected chi connectivity index (χ3v) is 4.62. The molecule has 20 heavy (non-hydrogen) atoms. The molecule has 0 heterocycles. The Morgan fingerprint density at radius 2 is 1.70 bits per heavy atom. The molecule has 1 aromatic carbocycles. The normalized spacial score (nSPS) is 26.8. The van der Waals surface area contributed by atoms with Gasteiger partial charge in [-0.2, -0.15) is 0 Å². The Hall–Kier alpha value is -1.03. The summed E-state index contributed by atoms with van der Waals surface area (Å²) in [6, 6.07) is 3.09. The third kappa shape index (κ3) is 2.85. The second-order valence-corrected chi connectivity index (χ2v) is 6.10. The van der Waals surface area contributed by atoms with E-state index >= 15 is 0 Å². The van der Waals surface area contributed by atoms with Crippen LogP contribution in [0.1, 0.15) is 50.0 Å². The van der Waals surface area contributed by atoms with Crippen LogP contribution in [-0.4, -0.2) is 12.6 Å². The van der Waals surface area contributed by atoms with Crippen LogP contribution in [0, 0.1) is 23.4 Å². The fraction of sp³-hybridized carbons (Fsp3) is 0.625. The molecular formula is C16H20F3N. The largest absolute Gasteiger partial charge is 0.314 e. The van der Waals surface area contributed by atoms with E-state index < -0.39 is 17.5 Å². The smallest absolute Gasteiger partial charge is 0.194 e. The van der Waals surface area contributed by atoms with Crippen molar-refractivity contribution >= 4 is 0 Å². The van der Waals surface area contributed by atoms with Crippen molar-refractivity contribution < 1.29 is 13.2 Å². The van der Waals surface area contributed by atoms with Gasteiger partial charge in [0, 0.05) is 6.04 Å². The molecule has 2 unspecified atom stereocenters. The number of halogens is 3. The number of nitrogens with one attached hydrogen (secondary N) is 1. The van der Waals surface area contributed by atoms with Crippen molar-refractivity contribution in [2.24, 2.45) is 5.92 Å². The highest BCUT2D eigenvalue weighted by Gasteiger charge is 2.31. The molecule has 4 heteroatoms. The van der Waals surface area contributed by atoms with Crippen LogP contribution >= 0.6 is 0 Å². The van der Waals surface area contributed by atoms with Gasteiger partial charge in [-0.25, -0.2) is 13.2 Å². The first kappa shape index (κ1) is 13.9. The van der Waals surface area contributed by atoms with Crippen LogP contribution < -0.4 is 5.32 Å². The zero-order valence-electron chi connectivity index (χ0n) is 11.5. The standard InChI is InChI=1S/C16H20F3N/c17-14-8-7-13(15(18)16(14)19)12-4-2-1-3-10(12)9-20-11-5-6-11/h7-8,10-12,20H,1-6,9H2. The first-order chi connectivity index (χ1) is 9.66. The molecule has 1 nitrogen and oxygen atoms in total. The Morgan fingerprint density at radius 3 is 2.45 bits per heavy atom. The van der Waals surface area contributed by atoms with E-state index in [9.17, 15) is 13.2 Å². The lowest BCUT2D eigenvalue weighted by Gasteiger charge is -2.32. The highest BCUT2D eigenvalue weighted by Crippen LogP contribution is 2.39. The molecule has 0 radical (unpaired) electrons. The maximum absolute atomic E-state index is 14.0. The molecular weight excluding hydrogens is 263 g/mol. The summed E-state index contributed by atoms with van der Waals surface area (Å²) >= 11 is 0. The molecule has 0 spiro atoms. The molecule has 0 bridgehead atoms. The summed E-state index contributed by atoms with van der Waals surface area (Å²) in [4.78, 5) is 0. The monoisotopic (exact) mass is 283 g/mol. The van der Waals surface area contributed by atoms with Crippen LogP contribution in [0.15, 0.2) is 12.1 Å². The second-order valence-electron chi connectivity index (χ2n) is 6.10. The van der Waals surface area contributed by atoms with Gasteiger partial charge in [0.05, 0.1) is 0 Å². The molecule has 2 fully saturated rings. The van der Waals surface area contributed by atoms with E-state index in [4.69, 9.17) is 0 Å². The molecule has 2 atom stereocenters. The predicted molar refractivity (Wildman–Crippen MR) is 72.0 cm³/mol. The van der Waals surface area contributed by atoms with E-state index in [0.29, 0.717) is 17.5 Å². The summed E-state index contributed by atoms with van der Waals surface area (Å²) in [5, 5.41) is 3.48. The minimum absolute atomic E-state index is 0.00472. The third-order valence-electron chi connectivity index (χ3n) is 4.62. The fourth-order valence-corrected chi connectivity index (χ4v) is 3.29. The van der Waals surface area contributed by atoms with Crippen molar-refractivity contribution in [1.82, 2.24) is 5.32 Å². The van der Waals surface area contributed by atoms with Gasteiger partial charge in [0.2, 0.25) is 0 Å². The van der Waals surface area contributed by atoms with Gasteiger partial charge < -0.3 is 5.32 Å². The summed E-state index contributed by atoms with van der Waals surface area (Å²) in [6.07, 6.45) is 6.50. The Kier molecular flexibility index (Phi) is 4.01. The van der Waals surface area contributed by atoms with Crippen LogP contribution in [0.2, 0.25) is 0 Å². The Labute approximate surface area is 117 Å². The lowest BCUT2D eigenvalue weighted by Crippen LogP contribution is -2.31. The molecule has 1 aromatic rings. The average Bonchev–Trinajstić information content (AvgIpc) is 3.28. The van der Waals surface area contributed by atoms with Crippen LogP contribution in [0.5, 0.6) is 0 Å². The van der Waals surface area contributed by atoms with Gasteiger partial charge in [-0.3, -0.25) is 0 Å². The van der Waals surface area contributed by atoms with Gasteiger partial charge in [0.25, 0.3) is 0 Å². The lowest BCUT2D eigenvalue weighted by atomic mass is 9.75. The van der Waals surface area contributed by atoms with Crippen LogP contribution in [0.25, 0.3) is 0 Å². The van der Waals surface area contributed by atoms with Crippen molar-refractivity contribution in [1.29, 1.82) is 0 Å². The number of benzene rings is 1. The minimum atomic E-state index is -1.33. The second kappa shape index (κ2) is 5.76. The topological polar surface area (TPSA) is 12.0 Å². The van der Waals surface area contributed by atoms with Gasteiger partial charge in [0.15, 0.2) is 17.5 Å². The van der Waals surface area contributed by atoms with E-state index in [1.54, 1.807) is 0 Å². The van der Waals surface area contributed by atoms with E-state index in [0.717, 1.165) is 38.3 Å². The fourth-order valence-electron chi connectivity index (χ4n) is 3.29. The zero-order chi connectivity index (χ0) is 14.1. The molecule has 1 N–H and O–H groups in total. The van der Waals surface area contributed by atoms with Gasteiger partial charge >= 0.3 is 0 Å². The number of hydrogen-bond donors (Lipinski definition) is 1. The van der Waals surface area contributed by atoms with E-state index in [2.05, 4.69) is 5.32 Å². The summed E-state index contributed by atoms with van der Waals surface area (Å²) in [5.74, 6) is -3.10. The molecule has 0 aromatic heterocycles. The Bertz CT molecular complexity index is 485. The molecule has 0 amide bonds. The first-order valence-electron chi connectivity index (χ1n) is 7.53. The van der Waals surface area contributed by atoms with Gasteiger partial charge in [0.1, 0.15) is 0 Å². The molecule has 3 rings (SSSR count). The maximum atomic E-state index is 14.0. The Balaban J connectivity index is 1.79. The lowest BCUT2D eigenvalue weighted by molar-refractivity contribution is 0.286. The van der Waals surface area contributed by atoms with E-state index in [1.165, 1.54) is 18.9 Å². The summed E-state index contributed by atoms with van der Waals surface area (Å²) in [7, 11) is 0. The highest BCUT2D eigenvalue weighted by molar-refractivity contribution is 5.25. The zero-order valence-corrected chi connectivity index (χ0v) is 11.5. The van der Waals surface area contributed by atoms with Crippen molar-refractivity contribution in [3.63, 3.8) is 0 Å². The molecule has 2 aliphatic carbocycles. The number of rotatable bonds is 4. The number of hydrogen-bond acceptors (Lipinski definition) is 1. The minimum Gasteiger partial charge on any atom is -0.314 e. The van der Waals surface area contributed by atoms with E-state index in [-0.39, 0.29) is 5.92 Å². The molecule has 0 saturated heterocycles. The van der Waals surface area contributed by atoms with Crippen molar-refractivity contribution in [3.05, 3.63) is 35.1 Å². The SMILES string of the molecule is Fc1ccc(C2CCCCC2CNC2CC2)c(F)c1F. The van der Waals surface area contributed by atoms with Gasteiger partial charge in [-0.15, -0.1) is 0 Å². The predicted octanol–water partition coefficient (Wildman–Crippen LogP) is 4.13. The quantitative estimate of drug-likeness (QED) is 0.819. The molecule has 2 saturated carbocycles. The summed E-state index contributed by atoms with van der Waals surface area (Å²) < 4.78 is 40.5. The summed E-state index contributed by atoms with van der Waals surface area (Å²) in [5.41, 5.74) is 0.353. The summed E-state index contributed by atoms with van der Waals surface area (Å²) in [6.45, 7) is 0.855. The highest BCUT2D eigenvalue weighted by atomic mass is 19.2. The van der Waals surface area contributed by atoms with Crippen LogP contribution in [0.4, 0.5) is 13.2 Å². The Morgan fingerprint density at radius 1 is 0.950 bits per heavy atom. The first-order valence-corrected chi connectivity index (χ1v) is 7.53. The average molecular weight is 283 g/mol. The van der Waals surface area contributed by atoms with Gasteiger partial charge in [-0.1, -0.05) is 18.9 Å². The maximum Gasteiger partial charge on any atom is 0.194 e.